The SMILES string of the molecule is Cc1ccc(NC2CCN(CCC3(CCCC(=O)O)CCCCC3)CC2)cc1. The quantitative estimate of drug-likeness (QED) is 0.591. The third kappa shape index (κ3) is 6.51. The third-order valence-electron chi connectivity index (χ3n) is 6.98. The van der Waals surface area contributed by atoms with Gasteiger partial charge >= 0.3 is 5.97 Å². The molecule has 1 saturated heterocycles. The van der Waals surface area contributed by atoms with Gasteiger partial charge in [0.2, 0.25) is 0 Å². The Hall–Kier alpha value is -1.55. The Kier molecular flexibility index (Phi) is 7.78. The van der Waals surface area contributed by atoms with Gasteiger partial charge in [-0.3, -0.25) is 4.79 Å². The average molecular weight is 387 g/mol. The summed E-state index contributed by atoms with van der Waals surface area (Å²) in [5.74, 6) is -0.644. The van der Waals surface area contributed by atoms with Crippen LogP contribution in [0.25, 0.3) is 0 Å². The Morgan fingerprint density at radius 2 is 1.79 bits per heavy atom. The number of anilines is 1. The van der Waals surface area contributed by atoms with Gasteiger partial charge in [-0.15, -0.1) is 0 Å². The lowest BCUT2D eigenvalue weighted by molar-refractivity contribution is -0.137. The van der Waals surface area contributed by atoms with Crippen LogP contribution in [0.15, 0.2) is 24.3 Å². The molecule has 28 heavy (non-hydrogen) atoms. The molecule has 2 aliphatic rings. The van der Waals surface area contributed by atoms with E-state index in [1.54, 1.807) is 0 Å². The fraction of sp³-hybridized carbons (Fsp3) is 0.708. The minimum Gasteiger partial charge on any atom is -0.481 e. The van der Waals surface area contributed by atoms with Crippen molar-refractivity contribution in [2.75, 3.05) is 25.0 Å². The van der Waals surface area contributed by atoms with Crippen LogP contribution in [0, 0.1) is 12.3 Å². The van der Waals surface area contributed by atoms with Crippen molar-refractivity contribution in [3.05, 3.63) is 29.8 Å². The molecular weight excluding hydrogens is 348 g/mol. The predicted molar refractivity (Wildman–Crippen MR) is 116 cm³/mol. The van der Waals surface area contributed by atoms with E-state index < -0.39 is 5.97 Å². The number of piperidine rings is 1. The highest BCUT2D eigenvalue weighted by Gasteiger charge is 2.32. The van der Waals surface area contributed by atoms with Crippen LogP contribution in [-0.4, -0.2) is 41.7 Å². The minimum absolute atomic E-state index is 0.331. The summed E-state index contributed by atoms with van der Waals surface area (Å²) >= 11 is 0. The molecule has 3 rings (SSSR count). The Morgan fingerprint density at radius 1 is 1.11 bits per heavy atom. The Bertz CT molecular complexity index is 600. The normalized spacial score (nSPS) is 20.8. The van der Waals surface area contributed by atoms with Gasteiger partial charge in [-0.1, -0.05) is 37.0 Å². The van der Waals surface area contributed by atoms with Gasteiger partial charge in [0.05, 0.1) is 0 Å². The first kappa shape index (κ1) is 21.2. The number of carbonyl (C=O) groups is 1. The van der Waals surface area contributed by atoms with Gasteiger partial charge < -0.3 is 15.3 Å². The van der Waals surface area contributed by atoms with E-state index >= 15 is 0 Å². The number of aliphatic carboxylic acids is 1. The zero-order chi connectivity index (χ0) is 19.8. The maximum Gasteiger partial charge on any atom is 0.303 e. The van der Waals surface area contributed by atoms with E-state index in [0.29, 0.717) is 17.9 Å². The predicted octanol–water partition coefficient (Wildman–Crippen LogP) is 5.47. The van der Waals surface area contributed by atoms with Crippen LogP contribution in [-0.2, 0) is 4.79 Å². The van der Waals surface area contributed by atoms with E-state index in [1.807, 2.05) is 0 Å². The molecule has 1 aliphatic carbocycles. The number of aryl methyl sites for hydroxylation is 1. The molecule has 2 N–H and O–H groups in total. The lowest BCUT2D eigenvalue weighted by Gasteiger charge is -2.40. The van der Waals surface area contributed by atoms with Crippen LogP contribution < -0.4 is 5.32 Å². The fourth-order valence-corrected chi connectivity index (χ4v) is 5.12. The Morgan fingerprint density at radius 3 is 2.43 bits per heavy atom. The summed E-state index contributed by atoms with van der Waals surface area (Å²) in [7, 11) is 0. The van der Waals surface area contributed by atoms with Crippen molar-refractivity contribution in [3.63, 3.8) is 0 Å². The van der Waals surface area contributed by atoms with Crippen LogP contribution >= 0.6 is 0 Å². The van der Waals surface area contributed by atoms with Crippen LogP contribution in [0.5, 0.6) is 0 Å². The lowest BCUT2D eigenvalue weighted by atomic mass is 9.68. The molecule has 0 atom stereocenters. The average Bonchev–Trinajstić information content (AvgIpc) is 2.70. The number of nitrogens with zero attached hydrogens (tertiary/aromatic N) is 1. The molecule has 0 radical (unpaired) electrons. The summed E-state index contributed by atoms with van der Waals surface area (Å²) in [5, 5.41) is 12.7. The zero-order valence-corrected chi connectivity index (χ0v) is 17.6. The molecule has 0 unspecified atom stereocenters. The first-order valence-electron chi connectivity index (χ1n) is 11.3. The van der Waals surface area contributed by atoms with Crippen molar-refractivity contribution in [1.82, 2.24) is 4.90 Å². The van der Waals surface area contributed by atoms with Gasteiger partial charge in [-0.05, 0) is 76.0 Å². The van der Waals surface area contributed by atoms with Crippen molar-refractivity contribution >= 4 is 11.7 Å². The maximum absolute atomic E-state index is 10.9. The summed E-state index contributed by atoms with van der Waals surface area (Å²) in [4.78, 5) is 13.6. The summed E-state index contributed by atoms with van der Waals surface area (Å²) in [6.07, 6.45) is 12.6. The lowest BCUT2D eigenvalue weighted by Crippen LogP contribution is -2.41. The molecule has 1 heterocycles. The van der Waals surface area contributed by atoms with Crippen LogP contribution in [0.4, 0.5) is 5.69 Å². The number of likely N-dealkylation sites (tertiary alicyclic amines) is 1. The molecular formula is C24H38N2O2. The van der Waals surface area contributed by atoms with Gasteiger partial charge in [-0.25, -0.2) is 0 Å². The molecule has 1 aromatic carbocycles. The topological polar surface area (TPSA) is 52.6 Å². The van der Waals surface area contributed by atoms with Gasteiger partial charge in [-0.2, -0.15) is 0 Å². The van der Waals surface area contributed by atoms with E-state index in [4.69, 9.17) is 5.11 Å². The number of nitrogens with one attached hydrogen (secondary N) is 1. The molecule has 0 bridgehead atoms. The highest BCUT2D eigenvalue weighted by atomic mass is 16.4. The van der Waals surface area contributed by atoms with Crippen molar-refractivity contribution in [2.24, 2.45) is 5.41 Å². The standard InChI is InChI=1S/C24H38N2O2/c1-20-7-9-21(10-8-20)25-22-11-17-26(18-12-22)19-16-24(13-3-2-4-14-24)15-5-6-23(27)28/h7-10,22,25H,2-6,11-19H2,1H3,(H,27,28). The monoisotopic (exact) mass is 386 g/mol. The van der Waals surface area contributed by atoms with E-state index in [2.05, 4.69) is 41.4 Å². The van der Waals surface area contributed by atoms with Crippen molar-refractivity contribution < 1.29 is 9.90 Å². The second-order valence-electron chi connectivity index (χ2n) is 9.18. The molecule has 1 saturated carbocycles. The molecule has 1 aliphatic heterocycles. The van der Waals surface area contributed by atoms with Gasteiger partial charge in [0, 0.05) is 31.2 Å². The summed E-state index contributed by atoms with van der Waals surface area (Å²) in [5.41, 5.74) is 2.95. The second-order valence-corrected chi connectivity index (χ2v) is 9.18. The molecule has 1 aromatic rings. The smallest absolute Gasteiger partial charge is 0.303 e. The van der Waals surface area contributed by atoms with Crippen LogP contribution in [0.3, 0.4) is 0 Å². The molecule has 4 heteroatoms. The van der Waals surface area contributed by atoms with Crippen molar-refractivity contribution in [3.8, 4) is 0 Å². The van der Waals surface area contributed by atoms with Crippen LogP contribution in [0.1, 0.15) is 76.2 Å². The van der Waals surface area contributed by atoms with Crippen LogP contribution in [0.2, 0.25) is 0 Å². The van der Waals surface area contributed by atoms with Crippen molar-refractivity contribution in [1.29, 1.82) is 0 Å². The molecule has 0 amide bonds. The Balaban J connectivity index is 1.42. The number of carboxylic acids is 1. The molecule has 0 aromatic heterocycles. The van der Waals surface area contributed by atoms with E-state index in [-0.39, 0.29) is 0 Å². The van der Waals surface area contributed by atoms with Gasteiger partial charge in [0.25, 0.3) is 0 Å². The van der Waals surface area contributed by atoms with E-state index in [0.717, 1.165) is 12.8 Å². The number of hydrogen-bond donors (Lipinski definition) is 2. The highest BCUT2D eigenvalue weighted by Crippen LogP contribution is 2.43. The van der Waals surface area contributed by atoms with Crippen molar-refractivity contribution in [2.45, 2.75) is 83.6 Å². The first-order valence-corrected chi connectivity index (χ1v) is 11.3. The highest BCUT2D eigenvalue weighted by molar-refractivity contribution is 5.66. The molecule has 0 spiro atoms. The molecule has 2 fully saturated rings. The number of carboxylic acid groups (broad SMARTS) is 1. The van der Waals surface area contributed by atoms with Gasteiger partial charge in [0.1, 0.15) is 0 Å². The fourth-order valence-electron chi connectivity index (χ4n) is 5.12. The largest absolute Gasteiger partial charge is 0.481 e. The number of hydrogen-bond acceptors (Lipinski definition) is 3. The van der Waals surface area contributed by atoms with Gasteiger partial charge in [0.15, 0.2) is 0 Å². The summed E-state index contributed by atoms with van der Waals surface area (Å²) in [6, 6.07) is 9.30. The number of benzene rings is 1. The molecule has 156 valence electrons. The third-order valence-corrected chi connectivity index (χ3v) is 6.98. The summed E-state index contributed by atoms with van der Waals surface area (Å²) in [6.45, 7) is 5.66. The Labute approximate surface area is 170 Å². The first-order chi connectivity index (χ1) is 13.5. The van der Waals surface area contributed by atoms with E-state index in [9.17, 15) is 4.79 Å². The molecule has 4 nitrogen and oxygen atoms in total. The number of rotatable bonds is 9. The minimum atomic E-state index is -0.644. The second kappa shape index (κ2) is 10.3. The zero-order valence-electron chi connectivity index (χ0n) is 17.6. The summed E-state index contributed by atoms with van der Waals surface area (Å²) < 4.78 is 0. The van der Waals surface area contributed by atoms with E-state index in [1.165, 1.54) is 82.3 Å². The maximum atomic E-state index is 10.9.